The predicted molar refractivity (Wildman–Crippen MR) is 104 cm³/mol. The zero-order valence-corrected chi connectivity index (χ0v) is 16.2. The van der Waals surface area contributed by atoms with E-state index < -0.39 is 0 Å². The SMILES string of the molecule is CCCCOc1ccc(-c2nc(C3CCC(CCCC)CC3)no2)cc1. The van der Waals surface area contributed by atoms with Gasteiger partial charge < -0.3 is 9.26 Å². The number of hydrogen-bond donors (Lipinski definition) is 0. The summed E-state index contributed by atoms with van der Waals surface area (Å²) in [5.74, 6) is 3.76. The van der Waals surface area contributed by atoms with Gasteiger partial charge in [-0.25, -0.2) is 0 Å². The summed E-state index contributed by atoms with van der Waals surface area (Å²) in [6, 6.07) is 7.96. The van der Waals surface area contributed by atoms with Gasteiger partial charge in [-0.3, -0.25) is 0 Å². The molecule has 0 atom stereocenters. The van der Waals surface area contributed by atoms with Crippen molar-refractivity contribution in [3.8, 4) is 17.2 Å². The van der Waals surface area contributed by atoms with Crippen LogP contribution in [0.1, 0.15) is 83.4 Å². The third kappa shape index (κ3) is 5.09. The predicted octanol–water partition coefficient (Wildman–Crippen LogP) is 6.38. The first-order valence-electron chi connectivity index (χ1n) is 10.4. The van der Waals surface area contributed by atoms with Crippen molar-refractivity contribution in [1.82, 2.24) is 10.1 Å². The van der Waals surface area contributed by atoms with Crippen molar-refractivity contribution in [2.24, 2.45) is 5.92 Å². The average Bonchev–Trinajstić information content (AvgIpc) is 3.18. The first-order chi connectivity index (χ1) is 12.8. The number of hydrogen-bond acceptors (Lipinski definition) is 4. The molecule has 26 heavy (non-hydrogen) atoms. The minimum absolute atomic E-state index is 0.460. The highest BCUT2D eigenvalue weighted by Gasteiger charge is 2.25. The average molecular weight is 357 g/mol. The number of ether oxygens (including phenoxy) is 1. The van der Waals surface area contributed by atoms with Crippen molar-refractivity contribution in [2.75, 3.05) is 6.61 Å². The molecular formula is C22H32N2O2. The molecule has 1 aromatic heterocycles. The monoisotopic (exact) mass is 356 g/mol. The van der Waals surface area contributed by atoms with Gasteiger partial charge >= 0.3 is 0 Å². The Kier molecular flexibility index (Phi) is 7.10. The Morgan fingerprint density at radius 1 is 1.00 bits per heavy atom. The fraction of sp³-hybridized carbons (Fsp3) is 0.636. The van der Waals surface area contributed by atoms with Gasteiger partial charge in [-0.2, -0.15) is 4.98 Å². The molecule has 0 aliphatic heterocycles. The maximum atomic E-state index is 5.71. The molecule has 1 fully saturated rings. The Hall–Kier alpha value is -1.84. The van der Waals surface area contributed by atoms with Crippen LogP contribution in [0.3, 0.4) is 0 Å². The van der Waals surface area contributed by atoms with E-state index in [0.29, 0.717) is 11.8 Å². The van der Waals surface area contributed by atoms with E-state index in [1.807, 2.05) is 24.3 Å². The molecule has 0 saturated heterocycles. The van der Waals surface area contributed by atoms with Crippen molar-refractivity contribution in [3.05, 3.63) is 30.1 Å². The van der Waals surface area contributed by atoms with Crippen LogP contribution in [0.4, 0.5) is 0 Å². The minimum atomic E-state index is 0.460. The van der Waals surface area contributed by atoms with Crippen LogP contribution in [-0.2, 0) is 0 Å². The van der Waals surface area contributed by atoms with Gasteiger partial charge in [0.2, 0.25) is 0 Å². The zero-order valence-electron chi connectivity index (χ0n) is 16.2. The lowest BCUT2D eigenvalue weighted by Crippen LogP contribution is -2.14. The van der Waals surface area contributed by atoms with Crippen LogP contribution in [0.15, 0.2) is 28.8 Å². The van der Waals surface area contributed by atoms with E-state index in [-0.39, 0.29) is 0 Å². The summed E-state index contributed by atoms with van der Waals surface area (Å²) in [6.45, 7) is 5.20. The Morgan fingerprint density at radius 3 is 2.42 bits per heavy atom. The number of rotatable bonds is 9. The molecule has 0 radical (unpaired) electrons. The van der Waals surface area contributed by atoms with Crippen LogP contribution < -0.4 is 4.74 Å². The molecule has 0 amide bonds. The maximum absolute atomic E-state index is 5.71. The van der Waals surface area contributed by atoms with Crippen molar-refractivity contribution >= 4 is 0 Å². The second-order valence-electron chi connectivity index (χ2n) is 7.54. The molecule has 4 nitrogen and oxygen atoms in total. The molecular weight excluding hydrogens is 324 g/mol. The normalized spacial score (nSPS) is 20.2. The Balaban J connectivity index is 1.55. The Labute approximate surface area is 157 Å². The van der Waals surface area contributed by atoms with Gasteiger partial charge in [-0.1, -0.05) is 44.7 Å². The molecule has 0 N–H and O–H groups in total. The summed E-state index contributed by atoms with van der Waals surface area (Å²) >= 11 is 0. The summed E-state index contributed by atoms with van der Waals surface area (Å²) in [6.07, 6.45) is 11.3. The molecule has 1 aromatic carbocycles. The Bertz CT molecular complexity index is 642. The summed E-state index contributed by atoms with van der Waals surface area (Å²) in [5, 5.41) is 4.27. The molecule has 3 rings (SSSR count). The van der Waals surface area contributed by atoms with Crippen LogP contribution in [0.5, 0.6) is 5.75 Å². The van der Waals surface area contributed by atoms with Crippen LogP contribution in [0.2, 0.25) is 0 Å². The van der Waals surface area contributed by atoms with Gasteiger partial charge in [0, 0.05) is 11.5 Å². The summed E-state index contributed by atoms with van der Waals surface area (Å²) in [5.41, 5.74) is 0.961. The second-order valence-corrected chi connectivity index (χ2v) is 7.54. The van der Waals surface area contributed by atoms with E-state index in [9.17, 15) is 0 Å². The third-order valence-electron chi connectivity index (χ3n) is 5.49. The van der Waals surface area contributed by atoms with Crippen LogP contribution in [0.25, 0.3) is 11.5 Å². The molecule has 2 aromatic rings. The van der Waals surface area contributed by atoms with Crippen molar-refractivity contribution in [1.29, 1.82) is 0 Å². The molecule has 1 saturated carbocycles. The lowest BCUT2D eigenvalue weighted by atomic mass is 9.79. The number of nitrogens with zero attached hydrogens (tertiary/aromatic N) is 2. The highest BCUT2D eigenvalue weighted by molar-refractivity contribution is 5.54. The van der Waals surface area contributed by atoms with Gasteiger partial charge in [0.25, 0.3) is 5.89 Å². The first-order valence-corrected chi connectivity index (χ1v) is 10.4. The number of benzene rings is 1. The highest BCUT2D eigenvalue weighted by atomic mass is 16.5. The van der Waals surface area contributed by atoms with Gasteiger partial charge in [-0.15, -0.1) is 0 Å². The minimum Gasteiger partial charge on any atom is -0.494 e. The Morgan fingerprint density at radius 2 is 1.73 bits per heavy atom. The van der Waals surface area contributed by atoms with E-state index in [4.69, 9.17) is 9.26 Å². The summed E-state index contributed by atoms with van der Waals surface area (Å²) < 4.78 is 11.2. The quantitative estimate of drug-likeness (QED) is 0.489. The van der Waals surface area contributed by atoms with Crippen LogP contribution in [0, 0.1) is 5.92 Å². The standard InChI is InChI=1S/C22H32N2O2/c1-3-5-7-17-8-10-18(11-9-17)21-23-22(26-24-21)19-12-14-20(15-13-19)25-16-6-4-2/h12-15,17-18H,3-11,16H2,1-2H3. The molecule has 1 heterocycles. The molecule has 0 bridgehead atoms. The van der Waals surface area contributed by atoms with Crippen molar-refractivity contribution < 1.29 is 9.26 Å². The molecule has 1 aliphatic carbocycles. The summed E-state index contributed by atoms with van der Waals surface area (Å²) in [4.78, 5) is 4.68. The van der Waals surface area contributed by atoms with E-state index in [1.54, 1.807) is 0 Å². The lowest BCUT2D eigenvalue weighted by molar-refractivity contribution is 0.293. The topological polar surface area (TPSA) is 48.2 Å². The van der Waals surface area contributed by atoms with Crippen LogP contribution >= 0.6 is 0 Å². The van der Waals surface area contributed by atoms with Gasteiger partial charge in [0.1, 0.15) is 5.75 Å². The largest absolute Gasteiger partial charge is 0.494 e. The summed E-state index contributed by atoms with van der Waals surface area (Å²) in [7, 11) is 0. The van der Waals surface area contributed by atoms with Crippen molar-refractivity contribution in [2.45, 2.75) is 77.6 Å². The van der Waals surface area contributed by atoms with E-state index in [2.05, 4.69) is 24.0 Å². The van der Waals surface area contributed by atoms with Gasteiger partial charge in [0.05, 0.1) is 6.61 Å². The smallest absolute Gasteiger partial charge is 0.257 e. The lowest BCUT2D eigenvalue weighted by Gasteiger charge is -2.26. The molecule has 142 valence electrons. The van der Waals surface area contributed by atoms with E-state index in [1.165, 1.54) is 44.9 Å². The highest BCUT2D eigenvalue weighted by Crippen LogP contribution is 2.37. The zero-order chi connectivity index (χ0) is 18.2. The number of unbranched alkanes of at least 4 members (excludes halogenated alkanes) is 2. The maximum Gasteiger partial charge on any atom is 0.257 e. The molecule has 0 spiro atoms. The van der Waals surface area contributed by atoms with E-state index >= 15 is 0 Å². The molecule has 1 aliphatic rings. The number of aromatic nitrogens is 2. The van der Waals surface area contributed by atoms with Gasteiger partial charge in [0.15, 0.2) is 5.82 Å². The second kappa shape index (κ2) is 9.75. The van der Waals surface area contributed by atoms with Gasteiger partial charge in [-0.05, 0) is 62.3 Å². The fourth-order valence-corrected chi connectivity index (χ4v) is 3.75. The van der Waals surface area contributed by atoms with Crippen molar-refractivity contribution in [3.63, 3.8) is 0 Å². The molecule has 0 unspecified atom stereocenters. The third-order valence-corrected chi connectivity index (χ3v) is 5.49. The first kappa shape index (κ1) is 18.9. The van der Waals surface area contributed by atoms with E-state index in [0.717, 1.165) is 42.5 Å². The fourth-order valence-electron chi connectivity index (χ4n) is 3.75. The molecule has 4 heteroatoms. The van der Waals surface area contributed by atoms with Crippen LogP contribution in [-0.4, -0.2) is 16.7 Å².